The zero-order valence-corrected chi connectivity index (χ0v) is 44.5. The smallest absolute Gasteiger partial charge is 0.109 e. The lowest BCUT2D eigenvalue weighted by Crippen LogP contribution is -2.29. The Morgan fingerprint density at radius 2 is 0.864 bits per heavy atom. The predicted octanol–water partition coefficient (Wildman–Crippen LogP) is 14.2. The first-order valence-electron chi connectivity index (χ1n) is 24.3. The first-order chi connectivity index (χ1) is 32.2. The van der Waals surface area contributed by atoms with Crippen LogP contribution >= 0.6 is 92.8 Å². The van der Waals surface area contributed by atoms with Gasteiger partial charge in [0.25, 0.3) is 0 Å². The van der Waals surface area contributed by atoms with E-state index in [9.17, 15) is 0 Å². The molecule has 0 saturated heterocycles. The summed E-state index contributed by atoms with van der Waals surface area (Å²) in [6, 6.07) is 0. The van der Waals surface area contributed by atoms with Crippen LogP contribution in [0.25, 0.3) is 0 Å². The molecule has 372 valence electrons. The molecule has 12 atom stereocenters. The highest BCUT2D eigenvalue weighted by atomic mass is 35.5. The molecule has 6 aliphatic rings. The van der Waals surface area contributed by atoms with Crippen molar-refractivity contribution >= 4 is 92.8 Å². The quantitative estimate of drug-likeness (QED) is 0.0636. The minimum Gasteiger partial charge on any atom is -0.494 e. The molecule has 0 saturated carbocycles. The maximum atomic E-state index is 6.56. The van der Waals surface area contributed by atoms with Gasteiger partial charge in [0.15, 0.2) is 0 Å². The van der Waals surface area contributed by atoms with E-state index in [1.807, 2.05) is 0 Å². The van der Waals surface area contributed by atoms with E-state index in [4.69, 9.17) is 121 Å². The van der Waals surface area contributed by atoms with E-state index in [0.29, 0.717) is 110 Å². The number of allylic oxidation sites excluding steroid dienone is 6. The summed E-state index contributed by atoms with van der Waals surface area (Å²) in [5, 5.41) is 0. The summed E-state index contributed by atoms with van der Waals surface area (Å²) in [4.78, 5) is 0. The van der Waals surface area contributed by atoms with Crippen LogP contribution in [0, 0.1) is 47.3 Å². The minimum atomic E-state index is 0.00944. The van der Waals surface area contributed by atoms with Gasteiger partial charge in [-0.15, -0.1) is 92.8 Å². The van der Waals surface area contributed by atoms with E-state index in [2.05, 4.69) is 48.6 Å². The molecule has 6 rings (SSSR count). The van der Waals surface area contributed by atoms with Crippen LogP contribution in [0.5, 0.6) is 0 Å². The van der Waals surface area contributed by atoms with Crippen LogP contribution in [0.1, 0.15) is 77.0 Å². The lowest BCUT2D eigenvalue weighted by atomic mass is 9.85. The molecule has 0 heterocycles. The zero-order valence-electron chi connectivity index (χ0n) is 38.4. The molecule has 0 unspecified atom stereocenters. The van der Waals surface area contributed by atoms with E-state index < -0.39 is 0 Å². The number of hydrogen-bond donors (Lipinski definition) is 0. The molecule has 6 aliphatic carbocycles. The van der Waals surface area contributed by atoms with Gasteiger partial charge in [-0.3, -0.25) is 0 Å². The Labute approximate surface area is 436 Å². The van der Waals surface area contributed by atoms with Crippen molar-refractivity contribution in [2.45, 2.75) is 101 Å². The van der Waals surface area contributed by atoms with E-state index in [1.54, 1.807) is 0 Å². The SMILES string of the molecule is ClCC1=C[C@H](OC[C@H]2C=C(OC/C=C\CO[C@@H]3CC(COC4=C[C@H](CCl)C[C@H](CCl)C4)=C[C@H](CO[C@@H]4C=C(CCl)C[C@H](CCl)C4)C3)C[C@@H](CO[C@@H]3C=C(CCl)C[C@H](CCl)C3)C2)C[C@H](CCl)C1. The fourth-order valence-electron chi connectivity index (χ4n) is 10.6. The third-order valence-electron chi connectivity index (χ3n) is 13.8. The van der Waals surface area contributed by atoms with Gasteiger partial charge in [0.2, 0.25) is 0 Å². The van der Waals surface area contributed by atoms with Gasteiger partial charge in [0.1, 0.15) is 13.2 Å². The Bertz CT molecular complexity index is 1700. The van der Waals surface area contributed by atoms with Crippen molar-refractivity contribution in [2.24, 2.45) is 47.3 Å². The van der Waals surface area contributed by atoms with Gasteiger partial charge in [-0.05, 0) is 124 Å². The summed E-state index contributed by atoms with van der Waals surface area (Å²) in [6.45, 7) is 3.27. The highest BCUT2D eigenvalue weighted by molar-refractivity contribution is 6.20. The third kappa shape index (κ3) is 18.5. The van der Waals surface area contributed by atoms with Crippen LogP contribution in [-0.2, 0) is 28.4 Å². The largest absolute Gasteiger partial charge is 0.494 e. The van der Waals surface area contributed by atoms with Crippen LogP contribution in [0.2, 0.25) is 0 Å². The number of halogens is 8. The molecule has 0 aromatic rings. The maximum absolute atomic E-state index is 6.56. The van der Waals surface area contributed by atoms with Gasteiger partial charge in [0, 0.05) is 71.7 Å². The molecular formula is C52H72Cl8O6. The summed E-state index contributed by atoms with van der Waals surface area (Å²) < 4.78 is 39.1. The molecule has 66 heavy (non-hydrogen) atoms. The summed E-state index contributed by atoms with van der Waals surface area (Å²) in [5.74, 6) is 8.97. The summed E-state index contributed by atoms with van der Waals surface area (Å²) in [7, 11) is 0. The van der Waals surface area contributed by atoms with Gasteiger partial charge in [0.05, 0.1) is 62.4 Å². The Morgan fingerprint density at radius 3 is 1.41 bits per heavy atom. The second-order valence-electron chi connectivity index (χ2n) is 19.6. The standard InChI is InChI=1S/C52H72Cl8O6/c53-23-35-5-36(24-54)12-49(11-35)63-31-43-9-44(32-64-50-13-37(25-55)6-38(14-50)26-56)20-47(19-43)61-3-1-2-4-62-48-21-45(33-65-51-15-39(27-57)7-40(16-51)28-58)10-46(22-48)34-66-52-17-41(29-59)8-42(18-52)30-60/h1-2,9,11,13,15,17,21,35-36,38,40,42,44-47,50-52H,3-8,10,12,14,16,18-20,22-34H2/b2-1-/t35-,36+,38+,40-,42+,44+,45-,46+,47-,50-,51+,52-/m1/s1. The average molecular weight is 1080 g/mol. The van der Waals surface area contributed by atoms with Crippen molar-refractivity contribution in [3.05, 3.63) is 82.4 Å². The first kappa shape index (κ1) is 55.3. The van der Waals surface area contributed by atoms with Crippen LogP contribution < -0.4 is 0 Å². The third-order valence-corrected chi connectivity index (χ3v) is 17.0. The predicted molar refractivity (Wildman–Crippen MR) is 278 cm³/mol. The molecule has 0 aromatic carbocycles. The fourth-order valence-corrected chi connectivity index (χ4v) is 12.3. The van der Waals surface area contributed by atoms with Gasteiger partial charge in [-0.25, -0.2) is 0 Å². The average Bonchev–Trinajstić information content (AvgIpc) is 3.36. The number of ether oxygens (including phenoxy) is 6. The summed E-state index contributed by atoms with van der Waals surface area (Å²) >= 11 is 50.2. The Balaban J connectivity index is 1.04. The second kappa shape index (κ2) is 30.1. The number of rotatable bonds is 26. The molecule has 0 N–H and O–H groups in total. The molecule has 0 bridgehead atoms. The van der Waals surface area contributed by atoms with E-state index in [0.717, 1.165) is 88.6 Å². The second-order valence-corrected chi connectivity index (χ2v) is 22.0. The molecule has 0 spiro atoms. The van der Waals surface area contributed by atoms with Crippen molar-refractivity contribution in [2.75, 3.05) is 86.7 Å². The normalized spacial score (nSPS) is 33.1. The van der Waals surface area contributed by atoms with E-state index in [1.165, 1.54) is 22.3 Å². The Hall–Kier alpha value is -0.0600. The van der Waals surface area contributed by atoms with Crippen molar-refractivity contribution in [1.29, 1.82) is 0 Å². The molecule has 0 aromatic heterocycles. The van der Waals surface area contributed by atoms with Gasteiger partial charge in [-0.2, -0.15) is 0 Å². The lowest BCUT2D eigenvalue weighted by molar-refractivity contribution is 0.0112. The lowest BCUT2D eigenvalue weighted by Gasteiger charge is -2.32. The van der Waals surface area contributed by atoms with E-state index >= 15 is 0 Å². The van der Waals surface area contributed by atoms with Crippen LogP contribution in [0.3, 0.4) is 0 Å². The minimum absolute atomic E-state index is 0.00944. The molecular weight excluding hydrogens is 1000 g/mol. The monoisotopic (exact) mass is 1070 g/mol. The van der Waals surface area contributed by atoms with Crippen molar-refractivity contribution in [3.8, 4) is 0 Å². The maximum Gasteiger partial charge on any atom is 0.109 e. The molecule has 0 radical (unpaired) electrons. The Kier molecular flexibility index (Phi) is 25.2. The molecule has 6 nitrogen and oxygen atoms in total. The number of hydrogen-bond acceptors (Lipinski definition) is 6. The summed E-state index contributed by atoms with van der Waals surface area (Å²) in [5.41, 5.74) is 4.86. The van der Waals surface area contributed by atoms with Crippen molar-refractivity contribution in [1.82, 2.24) is 0 Å². The van der Waals surface area contributed by atoms with Crippen LogP contribution in [0.15, 0.2) is 82.4 Å². The first-order valence-corrected chi connectivity index (χ1v) is 28.5. The van der Waals surface area contributed by atoms with Crippen molar-refractivity contribution < 1.29 is 28.4 Å². The van der Waals surface area contributed by atoms with Crippen LogP contribution in [0.4, 0.5) is 0 Å². The van der Waals surface area contributed by atoms with E-state index in [-0.39, 0.29) is 48.1 Å². The number of alkyl halides is 8. The highest BCUT2D eigenvalue weighted by Gasteiger charge is 2.31. The topological polar surface area (TPSA) is 55.4 Å². The van der Waals surface area contributed by atoms with Crippen molar-refractivity contribution in [3.63, 3.8) is 0 Å². The molecule has 14 heteroatoms. The molecule has 0 amide bonds. The Morgan fingerprint density at radius 1 is 0.394 bits per heavy atom. The van der Waals surface area contributed by atoms with Gasteiger partial charge >= 0.3 is 0 Å². The molecule has 0 aliphatic heterocycles. The van der Waals surface area contributed by atoms with Gasteiger partial charge < -0.3 is 28.4 Å². The van der Waals surface area contributed by atoms with Crippen LogP contribution in [-0.4, -0.2) is 111 Å². The fraction of sp³-hybridized carbons (Fsp3) is 0.731. The van der Waals surface area contributed by atoms with Gasteiger partial charge in [-0.1, -0.05) is 47.1 Å². The molecule has 0 fully saturated rings. The summed E-state index contributed by atoms with van der Waals surface area (Å²) in [6.07, 6.45) is 28.4. The highest BCUT2D eigenvalue weighted by Crippen LogP contribution is 2.36. The zero-order chi connectivity index (χ0) is 46.7.